The third kappa shape index (κ3) is 4350. The van der Waals surface area contributed by atoms with Crippen molar-refractivity contribution in [3.63, 3.8) is 0 Å². The highest BCUT2D eigenvalue weighted by atomic mass is 36.0. The van der Waals surface area contributed by atoms with E-state index in [2.05, 4.69) is 21.4 Å². The van der Waals surface area contributed by atoms with Crippen molar-refractivity contribution in [3.8, 4) is 0 Å². The minimum atomic E-state index is -4.00. The van der Waals surface area contributed by atoms with Gasteiger partial charge in [-0.25, -0.2) is 0 Å². The molecule has 0 aliphatic heterocycles. The summed E-state index contributed by atoms with van der Waals surface area (Å²) in [6, 6.07) is 0. The second kappa shape index (κ2) is 4.25. The molecule has 0 aromatic heterocycles. The van der Waals surface area contributed by atoms with Gasteiger partial charge in [0.05, 0.1) is 0 Å². The smallest absolute Gasteiger partial charge is 0.195 e. The van der Waals surface area contributed by atoms with E-state index in [9.17, 15) is 13.2 Å². The van der Waals surface area contributed by atoms with E-state index < -0.39 is 14.4 Å². The van der Waals surface area contributed by atoms with Crippen LogP contribution in [-0.4, -0.2) is 14.6 Å². The van der Waals surface area contributed by atoms with Crippen molar-refractivity contribution in [3.05, 3.63) is 0 Å². The summed E-state index contributed by atoms with van der Waals surface area (Å²) in [6.45, 7) is 0.188. The first-order valence-corrected chi connectivity index (χ1v) is 4.84. The second-order valence-electron chi connectivity index (χ2n) is 1.16. The van der Waals surface area contributed by atoms with Gasteiger partial charge >= 0.3 is 14.4 Å². The summed E-state index contributed by atoms with van der Waals surface area (Å²) in [6.07, 6.45) is -4.00. The molecule has 0 aromatic rings. The lowest BCUT2D eigenvalue weighted by Gasteiger charge is -1.88. The molecule has 64 valence electrons. The first-order valence-electron chi connectivity index (χ1n) is 1.71. The average Bonchev–Trinajstić information content (AvgIpc) is 1.12. The third-order valence-electron chi connectivity index (χ3n) is 0. The van der Waals surface area contributed by atoms with Gasteiger partial charge in [-0.2, -0.15) is 21.6 Å². The van der Waals surface area contributed by atoms with Gasteiger partial charge in [-0.05, 0) is 0 Å². The van der Waals surface area contributed by atoms with Crippen molar-refractivity contribution in [2.75, 3.05) is 0 Å². The lowest BCUT2D eigenvalue weighted by molar-refractivity contribution is -0.110. The molecule has 0 atom stereocenters. The molecule has 0 aromatic carbocycles. The highest BCUT2D eigenvalue weighted by Crippen LogP contribution is 2.10. The van der Waals surface area contributed by atoms with Crippen molar-refractivity contribution >= 4 is 29.6 Å². The molecule has 0 saturated heterocycles. The maximum atomic E-state index is 10.4. The van der Waals surface area contributed by atoms with Gasteiger partial charge in [-0.15, -0.1) is 0 Å². The topological polar surface area (TPSA) is 34.1 Å². The Bertz CT molecular complexity index is 157. The Morgan fingerprint density at radius 3 is 1.20 bits per heavy atom. The van der Waals surface area contributed by atoms with E-state index in [-0.39, 0.29) is 6.92 Å². The Morgan fingerprint density at radius 1 is 1.20 bits per heavy atom. The first-order chi connectivity index (χ1) is 4.00. The van der Waals surface area contributed by atoms with Gasteiger partial charge in [0.2, 0.25) is 0 Å². The Kier molecular flexibility index (Phi) is 5.50. The first kappa shape index (κ1) is 12.9. The monoisotopic (exact) mass is 218 g/mol. The molecule has 0 fully saturated rings. The summed E-state index contributed by atoms with van der Waals surface area (Å²) in [5.74, 6) is 0. The number of alkyl halides is 3. The van der Waals surface area contributed by atoms with Crippen molar-refractivity contribution in [1.82, 2.24) is 0 Å². The second-order valence-corrected chi connectivity index (χ2v) is 4.83. The van der Waals surface area contributed by atoms with Crippen molar-refractivity contribution in [2.45, 2.75) is 13.1 Å². The molecule has 0 amide bonds. The highest BCUT2D eigenvalue weighted by molar-refractivity contribution is 8.31. The van der Waals surface area contributed by atoms with Crippen molar-refractivity contribution < 1.29 is 21.6 Å². The molecule has 0 saturated carbocycles. The minimum absolute atomic E-state index is 0.188. The molecule has 10 heavy (non-hydrogen) atoms. The molecule has 0 N–H and O–H groups in total. The van der Waals surface area contributed by atoms with Gasteiger partial charge in [0.25, 0.3) is 0 Å². The van der Waals surface area contributed by atoms with Crippen LogP contribution in [0.5, 0.6) is 0 Å². The Morgan fingerprint density at radius 2 is 1.20 bits per heavy atom. The van der Waals surface area contributed by atoms with E-state index in [4.69, 9.17) is 8.42 Å². The molecule has 0 aliphatic carbocycles. The maximum absolute atomic E-state index is 10.4. The molecular formula is C2H3Cl2F3O2S. The van der Waals surface area contributed by atoms with Gasteiger partial charge in [-0.3, -0.25) is 0 Å². The predicted molar refractivity (Wildman–Crippen MR) is 32.4 cm³/mol. The van der Waals surface area contributed by atoms with Crippen LogP contribution in [0.15, 0.2) is 0 Å². The van der Waals surface area contributed by atoms with Crippen LogP contribution in [0.2, 0.25) is 0 Å². The zero-order valence-electron chi connectivity index (χ0n) is 4.61. The molecule has 0 bridgehead atoms. The SMILES string of the molecule is CC(F)(F)F.O=S(=O)(Cl)Cl. The van der Waals surface area contributed by atoms with E-state index in [0.29, 0.717) is 0 Å². The summed E-state index contributed by atoms with van der Waals surface area (Å²) < 4.78 is 49.4. The van der Waals surface area contributed by atoms with E-state index in [0.717, 1.165) is 0 Å². The number of halogens is 5. The quantitative estimate of drug-likeness (QED) is 0.585. The van der Waals surface area contributed by atoms with Crippen molar-refractivity contribution in [1.29, 1.82) is 0 Å². The Labute approximate surface area is 64.8 Å². The van der Waals surface area contributed by atoms with E-state index in [1.807, 2.05) is 0 Å². The van der Waals surface area contributed by atoms with Crippen molar-refractivity contribution in [2.24, 2.45) is 0 Å². The third-order valence-corrected chi connectivity index (χ3v) is 0. The molecule has 0 aliphatic rings. The van der Waals surface area contributed by atoms with Crippen LogP contribution in [0.4, 0.5) is 13.2 Å². The summed E-state index contributed by atoms with van der Waals surface area (Å²) >= 11 is 0. The van der Waals surface area contributed by atoms with Crippen LogP contribution in [0, 0.1) is 0 Å². The normalized spacial score (nSPS) is 11.8. The summed E-state index contributed by atoms with van der Waals surface area (Å²) in [5, 5.41) is 0. The molecule has 0 radical (unpaired) electrons. The summed E-state index contributed by atoms with van der Waals surface area (Å²) in [7, 11) is 4.81. The standard InChI is InChI=1S/C2H3F3.Cl2O2S/c1-2(3,4)5;1-5(2,3)4/h1H3;. The molecule has 0 heterocycles. The van der Waals surface area contributed by atoms with Gasteiger partial charge in [0, 0.05) is 28.3 Å². The number of hydrogen-bond acceptors (Lipinski definition) is 2. The van der Waals surface area contributed by atoms with E-state index >= 15 is 0 Å². The van der Waals surface area contributed by atoms with Crippen LogP contribution in [0.25, 0.3) is 0 Å². The van der Waals surface area contributed by atoms with Crippen LogP contribution in [0.3, 0.4) is 0 Å². The van der Waals surface area contributed by atoms with Gasteiger partial charge in [-0.1, -0.05) is 0 Å². The van der Waals surface area contributed by atoms with E-state index in [1.165, 1.54) is 0 Å². The Balaban J connectivity index is 0. The van der Waals surface area contributed by atoms with Crippen LogP contribution in [-0.2, 0) is 8.26 Å². The average molecular weight is 219 g/mol. The summed E-state index contributed by atoms with van der Waals surface area (Å²) in [5.41, 5.74) is 0. The zero-order chi connectivity index (χ0) is 9.00. The maximum Gasteiger partial charge on any atom is 0.386 e. The molecule has 0 unspecified atom stereocenters. The fourth-order valence-electron chi connectivity index (χ4n) is 0. The molecule has 0 rings (SSSR count). The predicted octanol–water partition coefficient (Wildman–Crippen LogP) is 2.28. The fourth-order valence-corrected chi connectivity index (χ4v) is 0. The Hall–Kier alpha value is 0.320. The zero-order valence-corrected chi connectivity index (χ0v) is 6.94. The lowest BCUT2D eigenvalue weighted by atomic mass is 10.8. The van der Waals surface area contributed by atoms with Gasteiger partial charge < -0.3 is 0 Å². The van der Waals surface area contributed by atoms with Crippen LogP contribution >= 0.6 is 21.4 Å². The van der Waals surface area contributed by atoms with Crippen LogP contribution in [0.1, 0.15) is 6.92 Å². The molecule has 2 nitrogen and oxygen atoms in total. The minimum Gasteiger partial charge on any atom is -0.195 e. The number of hydrogen-bond donors (Lipinski definition) is 0. The van der Waals surface area contributed by atoms with Crippen LogP contribution < -0.4 is 0 Å². The molecule has 8 heteroatoms. The largest absolute Gasteiger partial charge is 0.386 e. The number of rotatable bonds is 0. The fraction of sp³-hybridized carbons (Fsp3) is 1.00. The van der Waals surface area contributed by atoms with Gasteiger partial charge in [0.15, 0.2) is 0 Å². The highest BCUT2D eigenvalue weighted by Gasteiger charge is 2.15. The lowest BCUT2D eigenvalue weighted by Crippen LogP contribution is -1.95. The molecular weight excluding hydrogens is 216 g/mol. The van der Waals surface area contributed by atoms with Gasteiger partial charge in [0.1, 0.15) is 0 Å². The van der Waals surface area contributed by atoms with E-state index in [1.54, 1.807) is 0 Å². The molecule has 0 spiro atoms. The summed E-state index contributed by atoms with van der Waals surface area (Å²) in [4.78, 5) is 0.